The molecule has 0 aromatic carbocycles. The summed E-state index contributed by atoms with van der Waals surface area (Å²) in [6.45, 7) is -1.37. The summed E-state index contributed by atoms with van der Waals surface area (Å²) in [6.07, 6.45) is 0.322. The van der Waals surface area contributed by atoms with Crippen LogP contribution in [0.4, 0.5) is 9.52 Å². The number of nitrogens with one attached hydrogen (secondary N) is 1. The van der Waals surface area contributed by atoms with Crippen LogP contribution in [0.1, 0.15) is 18.5 Å². The Morgan fingerprint density at radius 2 is 2.17 bits per heavy atom. The average molecular weight is 451 g/mol. The number of halogens is 1. The number of thiazole rings is 1. The molecule has 2 heterocycles. The molecule has 2 amide bonds. The molecule has 1 aromatic rings. The number of oxime groups is 1. The van der Waals surface area contributed by atoms with E-state index in [1.165, 1.54) is 5.38 Å². The van der Waals surface area contributed by atoms with Crippen molar-refractivity contribution in [3.05, 3.63) is 11.1 Å². The largest absolute Gasteiger partial charge is 0.478 e. The first-order valence-corrected chi connectivity index (χ1v) is 10.2. The normalized spacial score (nSPS) is 23.3. The third-order valence-electron chi connectivity index (χ3n) is 4.25. The third-order valence-corrected chi connectivity index (χ3v) is 5.87. The number of carboxylic acid groups (broad SMARTS) is 1. The van der Waals surface area contributed by atoms with Gasteiger partial charge in [0, 0.05) is 18.2 Å². The van der Waals surface area contributed by atoms with Gasteiger partial charge in [-0.2, -0.15) is 8.42 Å². The molecule has 13 nitrogen and oxygen atoms in total. The lowest BCUT2D eigenvalue weighted by Crippen LogP contribution is -2.73. The molecule has 3 rings (SSSR count). The van der Waals surface area contributed by atoms with Crippen LogP contribution >= 0.6 is 11.3 Å². The molecule has 1 saturated carbocycles. The lowest BCUT2D eigenvalue weighted by Gasteiger charge is -2.42. The van der Waals surface area contributed by atoms with Crippen LogP contribution in [0.25, 0.3) is 0 Å². The van der Waals surface area contributed by atoms with Crippen molar-refractivity contribution in [3.8, 4) is 0 Å². The maximum atomic E-state index is 13.2. The summed E-state index contributed by atoms with van der Waals surface area (Å²) in [6, 6.07) is -3.26. The van der Waals surface area contributed by atoms with Gasteiger partial charge in [-0.05, 0) is 0 Å². The molecular weight excluding hydrogens is 437 g/mol. The number of nitrogen functional groups attached to an aromatic ring is 1. The highest BCUT2D eigenvalue weighted by atomic mass is 32.2. The molecule has 16 heteroatoms. The van der Waals surface area contributed by atoms with Crippen molar-refractivity contribution < 1.29 is 41.7 Å². The van der Waals surface area contributed by atoms with Crippen molar-refractivity contribution in [3.63, 3.8) is 0 Å². The van der Waals surface area contributed by atoms with Crippen LogP contribution in [0.3, 0.4) is 0 Å². The summed E-state index contributed by atoms with van der Waals surface area (Å²) in [5.74, 6) is -3.65. The van der Waals surface area contributed by atoms with Crippen LogP contribution < -0.4 is 11.1 Å². The number of aliphatic carboxylic acids is 1. The van der Waals surface area contributed by atoms with Crippen molar-refractivity contribution in [1.82, 2.24) is 14.6 Å². The fourth-order valence-corrected chi connectivity index (χ4v) is 3.92. The number of aromatic nitrogens is 1. The number of carbonyl (C=O) groups excluding carboxylic acids is 2. The summed E-state index contributed by atoms with van der Waals surface area (Å²) < 4.78 is 44.3. The van der Waals surface area contributed by atoms with E-state index in [4.69, 9.17) is 20.2 Å². The van der Waals surface area contributed by atoms with Gasteiger partial charge in [-0.3, -0.25) is 14.1 Å². The molecule has 5 N–H and O–H groups in total. The number of nitrogens with zero attached hydrogens (tertiary/aromatic N) is 3. The van der Waals surface area contributed by atoms with Gasteiger partial charge in [0.25, 0.3) is 11.8 Å². The van der Waals surface area contributed by atoms with Crippen molar-refractivity contribution in [2.75, 3.05) is 12.4 Å². The molecule has 29 heavy (non-hydrogen) atoms. The van der Waals surface area contributed by atoms with Gasteiger partial charge in [0.2, 0.25) is 5.60 Å². The molecule has 1 saturated heterocycles. The molecule has 2 atom stereocenters. The number of carboxylic acids is 1. The zero-order valence-electron chi connectivity index (χ0n) is 14.3. The second kappa shape index (κ2) is 7.20. The number of amides is 2. The Kier molecular flexibility index (Phi) is 5.18. The summed E-state index contributed by atoms with van der Waals surface area (Å²) in [5, 5.41) is 16.1. The van der Waals surface area contributed by atoms with Crippen molar-refractivity contribution >= 4 is 50.3 Å². The highest BCUT2D eigenvalue weighted by Crippen LogP contribution is 2.40. The van der Waals surface area contributed by atoms with Crippen molar-refractivity contribution in [1.29, 1.82) is 0 Å². The van der Waals surface area contributed by atoms with E-state index >= 15 is 0 Å². The molecule has 2 aliphatic rings. The van der Waals surface area contributed by atoms with Gasteiger partial charge in [-0.15, -0.1) is 11.3 Å². The SMILES string of the molecule is Nc1nc(/C(=N/OC2(C(=O)O)CC2)C(=O)N[C@@H]2C(=O)N(S(=O)(=O)O)[C@@H]2CF)cs1. The lowest BCUT2D eigenvalue weighted by molar-refractivity contribution is -0.153. The molecule has 0 unspecified atom stereocenters. The molecule has 158 valence electrons. The van der Waals surface area contributed by atoms with E-state index in [0.717, 1.165) is 11.3 Å². The predicted octanol–water partition coefficient (Wildman–Crippen LogP) is -1.47. The third kappa shape index (κ3) is 3.85. The number of carbonyl (C=O) groups is 3. The molecule has 0 bridgehead atoms. The van der Waals surface area contributed by atoms with Gasteiger partial charge in [0.05, 0.1) is 0 Å². The fraction of sp³-hybridized carbons (Fsp3) is 0.462. The predicted molar refractivity (Wildman–Crippen MR) is 93.8 cm³/mol. The number of hydrogen-bond acceptors (Lipinski definition) is 10. The van der Waals surface area contributed by atoms with Gasteiger partial charge in [0.1, 0.15) is 24.5 Å². The Balaban J connectivity index is 1.82. The highest BCUT2D eigenvalue weighted by Gasteiger charge is 2.56. The molecule has 0 spiro atoms. The van der Waals surface area contributed by atoms with Crippen molar-refractivity contribution in [2.45, 2.75) is 30.5 Å². The Labute approximate surface area is 166 Å². The maximum Gasteiger partial charge on any atom is 0.362 e. The van der Waals surface area contributed by atoms with Gasteiger partial charge in [-0.25, -0.2) is 18.5 Å². The molecule has 1 aliphatic carbocycles. The van der Waals surface area contributed by atoms with E-state index in [9.17, 15) is 27.2 Å². The average Bonchev–Trinajstić information content (AvgIpc) is 3.31. The molecule has 2 fully saturated rings. The minimum atomic E-state index is -5.00. The van der Waals surface area contributed by atoms with Gasteiger partial charge >= 0.3 is 16.3 Å². The Morgan fingerprint density at radius 3 is 2.62 bits per heavy atom. The van der Waals surface area contributed by atoms with Crippen LogP contribution in [0.2, 0.25) is 0 Å². The van der Waals surface area contributed by atoms with E-state index in [-0.39, 0.29) is 28.0 Å². The van der Waals surface area contributed by atoms with E-state index in [1.807, 2.05) is 0 Å². The highest BCUT2D eigenvalue weighted by molar-refractivity contribution is 7.84. The van der Waals surface area contributed by atoms with E-state index in [2.05, 4.69) is 15.5 Å². The van der Waals surface area contributed by atoms with E-state index in [0.29, 0.717) is 0 Å². The van der Waals surface area contributed by atoms with E-state index in [1.54, 1.807) is 0 Å². The van der Waals surface area contributed by atoms with Crippen molar-refractivity contribution in [2.24, 2.45) is 5.16 Å². The number of alkyl halides is 1. The number of anilines is 1. The Morgan fingerprint density at radius 1 is 1.52 bits per heavy atom. The summed E-state index contributed by atoms with van der Waals surface area (Å²) in [5.41, 5.74) is 3.29. The Bertz CT molecular complexity index is 1000. The smallest absolute Gasteiger partial charge is 0.362 e. The molecule has 0 radical (unpaired) electrons. The number of hydrogen-bond donors (Lipinski definition) is 4. The first kappa shape index (κ1) is 20.9. The summed E-state index contributed by atoms with van der Waals surface area (Å²) in [7, 11) is -5.00. The van der Waals surface area contributed by atoms with Gasteiger partial charge in [0.15, 0.2) is 10.8 Å². The van der Waals surface area contributed by atoms with Crippen LogP contribution in [0, 0.1) is 0 Å². The molecule has 1 aliphatic heterocycles. The standard InChI is InChI=1S/C13H14FN5O8S2/c14-3-6-8(10(21)19(6)29(24,25)26)17-9(20)7(5-4-28-12(15)16-5)18-27-13(1-2-13)11(22)23/h4,6,8H,1-3H2,(H2,15,16)(H,17,20)(H,22,23)(H,24,25,26)/b18-7-/t6-,8+/m1/s1. The summed E-state index contributed by atoms with van der Waals surface area (Å²) in [4.78, 5) is 44.5. The topological polar surface area (TPSA) is 202 Å². The van der Waals surface area contributed by atoms with Crippen LogP contribution in [0.15, 0.2) is 10.5 Å². The van der Waals surface area contributed by atoms with E-state index < -0.39 is 58.2 Å². The molecule has 1 aromatic heterocycles. The zero-order valence-corrected chi connectivity index (χ0v) is 15.9. The second-order valence-electron chi connectivity index (χ2n) is 6.19. The van der Waals surface area contributed by atoms with Crippen LogP contribution in [-0.4, -0.2) is 75.2 Å². The van der Waals surface area contributed by atoms with Crippen LogP contribution in [-0.2, 0) is 29.5 Å². The fourth-order valence-electron chi connectivity index (χ4n) is 2.51. The number of rotatable bonds is 8. The number of nitrogens with two attached hydrogens (primary N) is 1. The summed E-state index contributed by atoms with van der Waals surface area (Å²) >= 11 is 0.940. The maximum absolute atomic E-state index is 13.2. The number of β-lactam (4-membered cyclic amide) rings is 1. The molecular formula is C13H14FN5O8S2. The zero-order chi connectivity index (χ0) is 21.6. The van der Waals surface area contributed by atoms with Gasteiger partial charge < -0.3 is 21.0 Å². The lowest BCUT2D eigenvalue weighted by atomic mass is 10.00. The van der Waals surface area contributed by atoms with Crippen LogP contribution in [0.5, 0.6) is 0 Å². The first-order chi connectivity index (χ1) is 13.5. The quantitative estimate of drug-likeness (QED) is 0.156. The minimum absolute atomic E-state index is 0.0544. The minimum Gasteiger partial charge on any atom is -0.478 e. The monoisotopic (exact) mass is 451 g/mol. The first-order valence-electron chi connectivity index (χ1n) is 7.88. The Hall–Kier alpha value is -2.85. The van der Waals surface area contributed by atoms with Gasteiger partial charge in [-0.1, -0.05) is 5.16 Å². The second-order valence-corrected chi connectivity index (χ2v) is 8.36.